The molecule has 3 rings (SSSR count). The first-order valence-electron chi connectivity index (χ1n) is 11.7. The van der Waals surface area contributed by atoms with E-state index in [9.17, 15) is 9.59 Å². The minimum absolute atomic E-state index is 0.0725. The van der Waals surface area contributed by atoms with Gasteiger partial charge in [0.25, 0.3) is 5.91 Å². The predicted molar refractivity (Wildman–Crippen MR) is 128 cm³/mol. The zero-order chi connectivity index (χ0) is 23.3. The molecule has 5 heteroatoms. The summed E-state index contributed by atoms with van der Waals surface area (Å²) < 4.78 is 6.01. The van der Waals surface area contributed by atoms with E-state index in [4.69, 9.17) is 4.74 Å². The van der Waals surface area contributed by atoms with Crippen LogP contribution in [0.4, 0.5) is 0 Å². The fourth-order valence-electron chi connectivity index (χ4n) is 4.12. The van der Waals surface area contributed by atoms with E-state index < -0.39 is 6.10 Å². The van der Waals surface area contributed by atoms with Gasteiger partial charge in [0.2, 0.25) is 5.91 Å². The summed E-state index contributed by atoms with van der Waals surface area (Å²) in [5.41, 5.74) is 3.37. The Bertz CT molecular complexity index is 924. The van der Waals surface area contributed by atoms with Crippen molar-refractivity contribution in [3.63, 3.8) is 0 Å². The lowest BCUT2D eigenvalue weighted by Crippen LogP contribution is -2.42. The molecule has 0 spiro atoms. The Morgan fingerprint density at radius 1 is 1.06 bits per heavy atom. The number of fused-ring (bicyclic) bond motifs is 1. The zero-order valence-electron chi connectivity index (χ0n) is 19.9. The highest BCUT2D eigenvalue weighted by atomic mass is 16.5. The van der Waals surface area contributed by atoms with E-state index in [2.05, 4.69) is 37.4 Å². The number of carbonyl (C=O) groups excluding carboxylic acids is 2. The molecule has 5 nitrogen and oxygen atoms in total. The van der Waals surface area contributed by atoms with Gasteiger partial charge in [-0.2, -0.15) is 0 Å². The summed E-state index contributed by atoms with van der Waals surface area (Å²) in [5.74, 6) is 1.15. The predicted octanol–water partition coefficient (Wildman–Crippen LogP) is 4.75. The van der Waals surface area contributed by atoms with Crippen LogP contribution in [-0.2, 0) is 16.0 Å². The summed E-state index contributed by atoms with van der Waals surface area (Å²) in [6.07, 6.45) is 1.16. The largest absolute Gasteiger partial charge is 0.481 e. The molecule has 2 amide bonds. The van der Waals surface area contributed by atoms with Crippen molar-refractivity contribution >= 4 is 11.8 Å². The van der Waals surface area contributed by atoms with Crippen molar-refractivity contribution in [2.45, 2.75) is 59.6 Å². The highest BCUT2D eigenvalue weighted by Crippen LogP contribution is 2.38. The Balaban J connectivity index is 1.85. The fraction of sp³-hybridized carbons (Fsp3) is 0.481. The average molecular weight is 437 g/mol. The number of ether oxygens (including phenoxy) is 1. The number of hydrogen-bond donors (Lipinski definition) is 1. The molecule has 1 aliphatic heterocycles. The topological polar surface area (TPSA) is 58.6 Å². The molecule has 0 saturated heterocycles. The van der Waals surface area contributed by atoms with E-state index in [0.717, 1.165) is 24.0 Å². The Morgan fingerprint density at radius 2 is 1.78 bits per heavy atom. The molecular weight excluding hydrogens is 400 g/mol. The molecule has 0 radical (unpaired) electrons. The number of nitrogens with zero attached hydrogens (tertiary/aromatic N) is 1. The van der Waals surface area contributed by atoms with Gasteiger partial charge in [0, 0.05) is 19.0 Å². The van der Waals surface area contributed by atoms with Crippen LogP contribution in [0, 0.1) is 11.8 Å². The fourth-order valence-corrected chi connectivity index (χ4v) is 4.12. The lowest BCUT2D eigenvalue weighted by molar-refractivity contribution is -0.136. The Morgan fingerprint density at radius 3 is 2.44 bits per heavy atom. The molecule has 2 aromatic rings. The van der Waals surface area contributed by atoms with Crippen LogP contribution >= 0.6 is 0 Å². The van der Waals surface area contributed by atoms with Crippen molar-refractivity contribution in [1.29, 1.82) is 0 Å². The molecular formula is C27H36N2O3. The van der Waals surface area contributed by atoms with E-state index in [1.54, 1.807) is 6.92 Å². The van der Waals surface area contributed by atoms with Crippen LogP contribution in [0.2, 0.25) is 0 Å². The van der Waals surface area contributed by atoms with Crippen molar-refractivity contribution in [2.24, 2.45) is 11.8 Å². The lowest BCUT2D eigenvalue weighted by atomic mass is 9.87. The summed E-state index contributed by atoms with van der Waals surface area (Å²) >= 11 is 0. The summed E-state index contributed by atoms with van der Waals surface area (Å²) in [5, 5.41) is 2.95. The molecule has 0 fully saturated rings. The van der Waals surface area contributed by atoms with E-state index in [1.165, 1.54) is 5.56 Å². The number of nitrogens with one attached hydrogen (secondary N) is 1. The zero-order valence-corrected chi connectivity index (χ0v) is 19.9. The van der Waals surface area contributed by atoms with Gasteiger partial charge in [-0.25, -0.2) is 0 Å². The Labute approximate surface area is 192 Å². The van der Waals surface area contributed by atoms with Crippen molar-refractivity contribution in [2.75, 3.05) is 13.1 Å². The molecule has 1 heterocycles. The average Bonchev–Trinajstić information content (AvgIpc) is 2.77. The Kier molecular flexibility index (Phi) is 7.94. The first-order valence-corrected chi connectivity index (χ1v) is 11.7. The SMILES string of the molecule is CC(C)CCNC(=O)[C@@H](C)Oc1ccc2c(c1)[C@@H](c1ccccc1)N(C(=O)C(C)C)CC2. The number of benzene rings is 2. The molecule has 32 heavy (non-hydrogen) atoms. The van der Waals surface area contributed by atoms with Crippen LogP contribution in [0.1, 0.15) is 63.8 Å². The maximum Gasteiger partial charge on any atom is 0.260 e. The molecule has 1 aliphatic rings. The molecule has 0 bridgehead atoms. The van der Waals surface area contributed by atoms with Crippen LogP contribution in [-0.4, -0.2) is 35.9 Å². The summed E-state index contributed by atoms with van der Waals surface area (Å²) in [7, 11) is 0. The van der Waals surface area contributed by atoms with Gasteiger partial charge < -0.3 is 15.0 Å². The van der Waals surface area contributed by atoms with E-state index in [-0.39, 0.29) is 23.8 Å². The maximum absolute atomic E-state index is 13.0. The normalized spacial score (nSPS) is 16.6. The molecule has 2 atom stereocenters. The van der Waals surface area contributed by atoms with Crippen molar-refractivity contribution < 1.29 is 14.3 Å². The number of hydrogen-bond acceptors (Lipinski definition) is 3. The minimum atomic E-state index is -0.590. The van der Waals surface area contributed by atoms with Gasteiger partial charge in [-0.05, 0) is 54.5 Å². The second kappa shape index (κ2) is 10.7. The van der Waals surface area contributed by atoms with Gasteiger partial charge in [0.15, 0.2) is 6.10 Å². The second-order valence-corrected chi connectivity index (χ2v) is 9.34. The van der Waals surface area contributed by atoms with Gasteiger partial charge in [-0.15, -0.1) is 0 Å². The molecule has 0 saturated carbocycles. The summed E-state index contributed by atoms with van der Waals surface area (Å²) in [4.78, 5) is 27.4. The molecule has 1 N–H and O–H groups in total. The highest BCUT2D eigenvalue weighted by molar-refractivity contribution is 5.81. The van der Waals surface area contributed by atoms with E-state index in [1.807, 2.05) is 49.1 Å². The van der Waals surface area contributed by atoms with E-state index >= 15 is 0 Å². The second-order valence-electron chi connectivity index (χ2n) is 9.34. The van der Waals surface area contributed by atoms with Crippen molar-refractivity contribution in [3.05, 3.63) is 65.2 Å². The number of amides is 2. The van der Waals surface area contributed by atoms with Crippen LogP contribution < -0.4 is 10.1 Å². The molecule has 0 aliphatic carbocycles. The standard InChI is InChI=1S/C27H36N2O3/c1-18(2)13-15-28-26(30)20(5)32-23-12-11-21-14-16-29(27(31)19(3)4)25(24(21)17-23)22-9-7-6-8-10-22/h6-12,17-20,25H,13-16H2,1-5H3,(H,28,30)/t20-,25-/m1/s1. The van der Waals surface area contributed by atoms with Gasteiger partial charge in [-0.1, -0.05) is 64.1 Å². The van der Waals surface area contributed by atoms with Crippen LogP contribution in [0.15, 0.2) is 48.5 Å². The first-order chi connectivity index (χ1) is 15.3. The number of rotatable bonds is 8. The molecule has 0 unspecified atom stereocenters. The van der Waals surface area contributed by atoms with Crippen molar-refractivity contribution in [1.82, 2.24) is 10.2 Å². The third kappa shape index (κ3) is 5.70. The van der Waals surface area contributed by atoms with Gasteiger partial charge in [0.05, 0.1) is 6.04 Å². The molecule has 0 aromatic heterocycles. The first kappa shape index (κ1) is 23.8. The minimum Gasteiger partial charge on any atom is -0.481 e. The highest BCUT2D eigenvalue weighted by Gasteiger charge is 2.33. The lowest BCUT2D eigenvalue weighted by Gasteiger charge is -2.39. The third-order valence-electron chi connectivity index (χ3n) is 5.94. The monoisotopic (exact) mass is 436 g/mol. The van der Waals surface area contributed by atoms with Crippen LogP contribution in [0.5, 0.6) is 5.75 Å². The maximum atomic E-state index is 13.0. The van der Waals surface area contributed by atoms with Gasteiger partial charge in [0.1, 0.15) is 5.75 Å². The smallest absolute Gasteiger partial charge is 0.260 e. The van der Waals surface area contributed by atoms with E-state index in [0.29, 0.717) is 24.8 Å². The Hall–Kier alpha value is -2.82. The van der Waals surface area contributed by atoms with Crippen LogP contribution in [0.3, 0.4) is 0 Å². The third-order valence-corrected chi connectivity index (χ3v) is 5.94. The molecule has 2 aromatic carbocycles. The molecule has 172 valence electrons. The summed E-state index contributed by atoms with van der Waals surface area (Å²) in [6.45, 7) is 11.3. The van der Waals surface area contributed by atoms with Crippen LogP contribution in [0.25, 0.3) is 0 Å². The van der Waals surface area contributed by atoms with Gasteiger partial charge in [-0.3, -0.25) is 9.59 Å². The number of carbonyl (C=O) groups is 2. The van der Waals surface area contributed by atoms with Gasteiger partial charge >= 0.3 is 0 Å². The van der Waals surface area contributed by atoms with Crippen molar-refractivity contribution in [3.8, 4) is 5.75 Å². The summed E-state index contributed by atoms with van der Waals surface area (Å²) in [6, 6.07) is 16.0. The quantitative estimate of drug-likeness (QED) is 0.650.